The molecule has 0 aromatic rings. The largest absolute Gasteiger partial charge is 0.225 e. The van der Waals surface area contributed by atoms with E-state index in [-0.39, 0.29) is 5.21 Å². The van der Waals surface area contributed by atoms with E-state index in [0.717, 1.165) is 17.9 Å². The van der Waals surface area contributed by atoms with Crippen LogP contribution >= 0.6 is 23.4 Å². The van der Waals surface area contributed by atoms with Gasteiger partial charge in [-0.3, -0.25) is 0 Å². The molecule has 0 saturated carbocycles. The Hall–Kier alpha value is 0.550. The molecule has 6 heteroatoms. The Morgan fingerprint density at radius 1 is 1.58 bits per heavy atom. The second-order valence-electron chi connectivity index (χ2n) is 2.80. The highest BCUT2D eigenvalue weighted by Gasteiger charge is 2.17. The van der Waals surface area contributed by atoms with Crippen LogP contribution in [-0.4, -0.2) is 31.7 Å². The van der Waals surface area contributed by atoms with Crippen LogP contribution in [0, 0.1) is 5.92 Å². The van der Waals surface area contributed by atoms with Crippen LogP contribution in [0.5, 0.6) is 0 Å². The summed E-state index contributed by atoms with van der Waals surface area (Å²) >= 11 is 7.10. The van der Waals surface area contributed by atoms with E-state index in [1.54, 1.807) is 0 Å². The van der Waals surface area contributed by atoms with Crippen molar-refractivity contribution in [1.29, 1.82) is 0 Å². The van der Waals surface area contributed by atoms with Gasteiger partial charge < -0.3 is 0 Å². The van der Waals surface area contributed by atoms with Crippen molar-refractivity contribution in [2.24, 2.45) is 5.92 Å². The van der Waals surface area contributed by atoms with Gasteiger partial charge in [-0.2, -0.15) is 11.8 Å². The Bertz CT molecular complexity index is 224. The minimum absolute atomic E-state index is 0.340. The molecule has 1 N–H and O–H groups in total. The lowest BCUT2D eigenvalue weighted by Gasteiger charge is -2.08. The molecule has 0 spiro atoms. The minimum atomic E-state index is -3.20. The summed E-state index contributed by atoms with van der Waals surface area (Å²) in [6.45, 7) is 0.544. The van der Waals surface area contributed by atoms with E-state index < -0.39 is 10.0 Å². The smallest absolute Gasteiger partial charge is 0.214 e. The van der Waals surface area contributed by atoms with Crippen molar-refractivity contribution >= 4 is 33.4 Å². The van der Waals surface area contributed by atoms with Crippen molar-refractivity contribution in [3.8, 4) is 0 Å². The van der Waals surface area contributed by atoms with Crippen LogP contribution in [0.4, 0.5) is 0 Å². The fraction of sp³-hybridized carbons (Fsp3) is 1.00. The lowest BCUT2D eigenvalue weighted by Crippen LogP contribution is -2.29. The maximum absolute atomic E-state index is 10.9. The summed E-state index contributed by atoms with van der Waals surface area (Å²) in [5.74, 6) is 2.70. The third kappa shape index (κ3) is 3.51. The molecule has 0 radical (unpaired) electrons. The molecule has 72 valence electrons. The number of rotatable bonds is 4. The lowest BCUT2D eigenvalue weighted by atomic mass is 10.1. The second kappa shape index (κ2) is 4.69. The summed E-state index contributed by atoms with van der Waals surface area (Å²) < 4.78 is 24.3. The van der Waals surface area contributed by atoms with Gasteiger partial charge in [-0.15, -0.1) is 11.6 Å². The maximum Gasteiger partial charge on any atom is 0.225 e. The van der Waals surface area contributed by atoms with Gasteiger partial charge in [0.15, 0.2) is 0 Å². The Kier molecular flexibility index (Phi) is 4.16. The first kappa shape index (κ1) is 10.6. The number of hydrogen-bond acceptors (Lipinski definition) is 3. The Labute approximate surface area is 82.3 Å². The first-order valence-electron chi connectivity index (χ1n) is 3.75. The highest BCUT2D eigenvalue weighted by molar-refractivity contribution is 7.99. The van der Waals surface area contributed by atoms with E-state index in [1.165, 1.54) is 0 Å². The number of hydrogen-bond donors (Lipinski definition) is 1. The number of halogens is 1. The zero-order valence-electron chi connectivity index (χ0n) is 6.62. The minimum Gasteiger partial charge on any atom is -0.214 e. The molecule has 1 rings (SSSR count). The van der Waals surface area contributed by atoms with Gasteiger partial charge in [0.1, 0.15) is 5.21 Å². The topological polar surface area (TPSA) is 46.2 Å². The molecule has 0 bridgehead atoms. The van der Waals surface area contributed by atoms with Gasteiger partial charge >= 0.3 is 0 Å². The highest BCUT2D eigenvalue weighted by atomic mass is 35.5. The standard InChI is InChI=1S/C6H12ClNO2S2/c7-5-12(9,10)8-3-6-1-2-11-4-6/h6,8H,1-5H2. The normalized spacial score (nSPS) is 24.6. The molecule has 1 atom stereocenters. The molecule has 1 fully saturated rings. The summed E-state index contributed by atoms with van der Waals surface area (Å²) in [6.07, 6.45) is 1.11. The molecule has 0 aromatic carbocycles. The Balaban J connectivity index is 2.25. The van der Waals surface area contributed by atoms with Gasteiger partial charge in [0.2, 0.25) is 10.0 Å². The Morgan fingerprint density at radius 2 is 2.33 bits per heavy atom. The summed E-state index contributed by atoms with van der Waals surface area (Å²) in [5, 5.41) is -0.340. The maximum atomic E-state index is 10.9. The lowest BCUT2D eigenvalue weighted by molar-refractivity contribution is 0.549. The predicted octanol–water partition coefficient (Wildman–Crippen LogP) is 0.855. The van der Waals surface area contributed by atoms with Crippen molar-refractivity contribution in [1.82, 2.24) is 4.72 Å². The summed E-state index contributed by atoms with van der Waals surface area (Å²) in [5.41, 5.74) is 0. The number of nitrogens with one attached hydrogen (secondary N) is 1. The van der Waals surface area contributed by atoms with Crippen molar-refractivity contribution in [2.75, 3.05) is 23.3 Å². The SMILES string of the molecule is O=S(=O)(CCl)NCC1CCSC1. The molecule has 0 aromatic heterocycles. The molecule has 1 heterocycles. The number of sulfonamides is 1. The summed E-state index contributed by atoms with van der Waals surface area (Å²) in [6, 6.07) is 0. The molecule has 1 aliphatic rings. The highest BCUT2D eigenvalue weighted by Crippen LogP contribution is 2.22. The van der Waals surface area contributed by atoms with E-state index in [4.69, 9.17) is 11.6 Å². The van der Waals surface area contributed by atoms with Crippen LogP contribution in [0.2, 0.25) is 0 Å². The molecular weight excluding hydrogens is 218 g/mol. The van der Waals surface area contributed by atoms with Crippen molar-refractivity contribution in [3.63, 3.8) is 0 Å². The molecule has 1 aliphatic heterocycles. The van der Waals surface area contributed by atoms with Crippen LogP contribution in [0.25, 0.3) is 0 Å². The molecule has 1 unspecified atom stereocenters. The average Bonchev–Trinajstić information content (AvgIpc) is 2.53. The first-order valence-corrected chi connectivity index (χ1v) is 7.09. The van der Waals surface area contributed by atoms with Crippen LogP contribution in [0.15, 0.2) is 0 Å². The zero-order valence-corrected chi connectivity index (χ0v) is 9.01. The van der Waals surface area contributed by atoms with Crippen LogP contribution in [0.3, 0.4) is 0 Å². The van der Waals surface area contributed by atoms with Gasteiger partial charge in [-0.25, -0.2) is 13.1 Å². The van der Waals surface area contributed by atoms with Gasteiger partial charge in [0.05, 0.1) is 0 Å². The monoisotopic (exact) mass is 229 g/mol. The molecular formula is C6H12ClNO2S2. The van der Waals surface area contributed by atoms with Crippen molar-refractivity contribution in [3.05, 3.63) is 0 Å². The average molecular weight is 230 g/mol. The quantitative estimate of drug-likeness (QED) is 0.728. The third-order valence-electron chi connectivity index (χ3n) is 1.76. The van der Waals surface area contributed by atoms with Gasteiger partial charge in [-0.05, 0) is 23.8 Å². The molecule has 0 amide bonds. The molecule has 0 aliphatic carbocycles. The second-order valence-corrected chi connectivity index (χ2v) is 6.34. The predicted molar refractivity (Wildman–Crippen MR) is 53.1 cm³/mol. The van der Waals surface area contributed by atoms with Gasteiger partial charge in [0, 0.05) is 6.54 Å². The number of alkyl halides is 1. The van der Waals surface area contributed by atoms with Crippen LogP contribution in [0.1, 0.15) is 6.42 Å². The van der Waals surface area contributed by atoms with Crippen LogP contribution in [-0.2, 0) is 10.0 Å². The summed E-state index contributed by atoms with van der Waals surface area (Å²) in [4.78, 5) is 0. The van der Waals surface area contributed by atoms with Gasteiger partial charge in [-0.1, -0.05) is 0 Å². The zero-order chi connectivity index (χ0) is 9.03. The van der Waals surface area contributed by atoms with E-state index in [9.17, 15) is 8.42 Å². The van der Waals surface area contributed by atoms with E-state index in [0.29, 0.717) is 12.5 Å². The van der Waals surface area contributed by atoms with E-state index >= 15 is 0 Å². The fourth-order valence-electron chi connectivity index (χ4n) is 1.03. The summed E-state index contributed by atoms with van der Waals surface area (Å²) in [7, 11) is -3.20. The third-order valence-corrected chi connectivity index (χ3v) is 4.75. The molecule has 3 nitrogen and oxygen atoms in total. The molecule has 1 saturated heterocycles. The van der Waals surface area contributed by atoms with Crippen molar-refractivity contribution in [2.45, 2.75) is 6.42 Å². The first-order chi connectivity index (χ1) is 5.64. The fourth-order valence-corrected chi connectivity index (χ4v) is 3.11. The van der Waals surface area contributed by atoms with E-state index in [2.05, 4.69) is 4.72 Å². The van der Waals surface area contributed by atoms with Crippen LogP contribution < -0.4 is 4.72 Å². The van der Waals surface area contributed by atoms with Gasteiger partial charge in [0.25, 0.3) is 0 Å². The van der Waals surface area contributed by atoms with E-state index in [1.807, 2.05) is 11.8 Å². The number of thioether (sulfide) groups is 1. The van der Waals surface area contributed by atoms with Crippen molar-refractivity contribution < 1.29 is 8.42 Å². The Morgan fingerprint density at radius 3 is 2.83 bits per heavy atom. The molecule has 12 heavy (non-hydrogen) atoms.